The number of nitrogens with one attached hydrogen (secondary N) is 1. The van der Waals surface area contributed by atoms with Gasteiger partial charge in [-0.05, 0) is 62.1 Å². The Labute approximate surface area is 154 Å². The number of nitrogens with two attached hydrogens (primary N) is 1. The van der Waals surface area contributed by atoms with Crippen molar-refractivity contribution >= 4 is 29.6 Å². The molecule has 1 heterocycles. The number of hydrogen-bond acceptors (Lipinski definition) is 6. The second kappa shape index (κ2) is 6.74. The maximum absolute atomic E-state index is 10.6. The fourth-order valence-electron chi connectivity index (χ4n) is 2.72. The summed E-state index contributed by atoms with van der Waals surface area (Å²) in [5.41, 5.74) is 8.64. The first-order valence-corrected chi connectivity index (χ1v) is 8.63. The molecule has 0 amide bonds. The Bertz CT molecular complexity index is 790. The third kappa shape index (κ3) is 3.59. The standard InChI is InChI=1S/C19H24BN3O3/c1-18(2)19(3,4)26-20(25-18)14-7-5-13(6-8-14)12-22-15-9-10-17(23-24)16(21)11-15/h5-11,22H,12,21H2,1-4H3. The second-order valence-corrected chi connectivity index (χ2v) is 7.55. The summed E-state index contributed by atoms with van der Waals surface area (Å²) in [4.78, 5) is 10.6. The summed E-state index contributed by atoms with van der Waals surface area (Å²) in [5.74, 6) is 0. The summed E-state index contributed by atoms with van der Waals surface area (Å²) >= 11 is 0. The molecular weight excluding hydrogens is 329 g/mol. The van der Waals surface area contributed by atoms with Gasteiger partial charge < -0.3 is 20.4 Å². The molecule has 0 bridgehead atoms. The van der Waals surface area contributed by atoms with Crippen LogP contribution in [0, 0.1) is 4.91 Å². The van der Waals surface area contributed by atoms with Gasteiger partial charge in [-0.15, -0.1) is 4.91 Å². The second-order valence-electron chi connectivity index (χ2n) is 7.55. The molecule has 1 fully saturated rings. The molecule has 0 aromatic heterocycles. The molecule has 0 atom stereocenters. The molecule has 2 aromatic rings. The van der Waals surface area contributed by atoms with Crippen molar-refractivity contribution in [2.75, 3.05) is 11.1 Å². The van der Waals surface area contributed by atoms with Crippen LogP contribution < -0.4 is 16.5 Å². The van der Waals surface area contributed by atoms with Crippen molar-refractivity contribution in [1.29, 1.82) is 0 Å². The van der Waals surface area contributed by atoms with Crippen molar-refractivity contribution in [3.63, 3.8) is 0 Å². The van der Waals surface area contributed by atoms with Crippen LogP contribution in [0.3, 0.4) is 0 Å². The van der Waals surface area contributed by atoms with Crippen molar-refractivity contribution in [1.82, 2.24) is 0 Å². The minimum absolute atomic E-state index is 0.252. The van der Waals surface area contributed by atoms with E-state index in [4.69, 9.17) is 15.0 Å². The van der Waals surface area contributed by atoms with Crippen molar-refractivity contribution in [2.24, 2.45) is 5.18 Å². The zero-order valence-electron chi connectivity index (χ0n) is 15.6. The smallest absolute Gasteiger partial charge is 0.399 e. The van der Waals surface area contributed by atoms with Gasteiger partial charge >= 0.3 is 7.12 Å². The Morgan fingerprint density at radius 2 is 1.65 bits per heavy atom. The predicted octanol–water partition coefficient (Wildman–Crippen LogP) is 3.58. The lowest BCUT2D eigenvalue weighted by molar-refractivity contribution is 0.00578. The lowest BCUT2D eigenvalue weighted by atomic mass is 9.79. The van der Waals surface area contributed by atoms with E-state index in [1.807, 2.05) is 52.0 Å². The molecule has 3 N–H and O–H groups in total. The Kier molecular flexibility index (Phi) is 4.77. The highest BCUT2D eigenvalue weighted by Gasteiger charge is 2.51. The van der Waals surface area contributed by atoms with Gasteiger partial charge in [0.05, 0.1) is 16.9 Å². The minimum Gasteiger partial charge on any atom is -0.399 e. The fourth-order valence-corrected chi connectivity index (χ4v) is 2.72. The van der Waals surface area contributed by atoms with E-state index in [1.165, 1.54) is 0 Å². The molecule has 1 aliphatic heterocycles. The van der Waals surface area contributed by atoms with Crippen molar-refractivity contribution in [3.8, 4) is 0 Å². The van der Waals surface area contributed by atoms with Crippen LogP contribution in [0.25, 0.3) is 0 Å². The maximum Gasteiger partial charge on any atom is 0.494 e. The van der Waals surface area contributed by atoms with Crippen LogP contribution in [0.2, 0.25) is 0 Å². The molecule has 0 radical (unpaired) electrons. The molecule has 3 rings (SSSR count). The van der Waals surface area contributed by atoms with E-state index in [2.05, 4.69) is 10.5 Å². The topological polar surface area (TPSA) is 85.9 Å². The Morgan fingerprint density at radius 1 is 1.04 bits per heavy atom. The maximum atomic E-state index is 10.6. The first-order chi connectivity index (χ1) is 12.2. The zero-order chi connectivity index (χ0) is 18.9. The third-order valence-corrected chi connectivity index (χ3v) is 5.13. The van der Waals surface area contributed by atoms with Crippen LogP contribution in [0.15, 0.2) is 47.6 Å². The number of nitrogens with zero attached hydrogens (tertiary/aromatic N) is 1. The van der Waals surface area contributed by atoms with Gasteiger partial charge in [0.2, 0.25) is 0 Å². The first kappa shape index (κ1) is 18.4. The molecule has 136 valence electrons. The molecule has 26 heavy (non-hydrogen) atoms. The van der Waals surface area contributed by atoms with Crippen LogP contribution in [0.1, 0.15) is 33.3 Å². The SMILES string of the molecule is CC1(C)OB(c2ccc(CNc3ccc(N=O)c(N)c3)cc2)OC1(C)C. The fraction of sp³-hybridized carbons (Fsp3) is 0.368. The quantitative estimate of drug-likeness (QED) is 0.488. The summed E-state index contributed by atoms with van der Waals surface area (Å²) in [6, 6.07) is 13.2. The van der Waals surface area contributed by atoms with Crippen molar-refractivity contribution in [2.45, 2.75) is 45.4 Å². The highest BCUT2D eigenvalue weighted by atomic mass is 16.7. The van der Waals surface area contributed by atoms with E-state index in [1.54, 1.807) is 18.2 Å². The van der Waals surface area contributed by atoms with E-state index in [9.17, 15) is 4.91 Å². The van der Waals surface area contributed by atoms with E-state index >= 15 is 0 Å². The summed E-state index contributed by atoms with van der Waals surface area (Å²) < 4.78 is 12.1. The van der Waals surface area contributed by atoms with Gasteiger partial charge in [-0.25, -0.2) is 0 Å². The van der Waals surface area contributed by atoms with E-state index in [0.29, 0.717) is 12.2 Å². The van der Waals surface area contributed by atoms with Gasteiger partial charge in [0.25, 0.3) is 0 Å². The predicted molar refractivity (Wildman–Crippen MR) is 106 cm³/mol. The molecule has 0 aliphatic carbocycles. The molecule has 1 aliphatic rings. The van der Waals surface area contributed by atoms with Gasteiger partial charge in [-0.3, -0.25) is 0 Å². The lowest BCUT2D eigenvalue weighted by Crippen LogP contribution is -2.41. The minimum atomic E-state index is -0.356. The highest BCUT2D eigenvalue weighted by molar-refractivity contribution is 6.62. The lowest BCUT2D eigenvalue weighted by Gasteiger charge is -2.32. The van der Waals surface area contributed by atoms with Gasteiger partial charge in [-0.1, -0.05) is 24.3 Å². The van der Waals surface area contributed by atoms with E-state index < -0.39 is 0 Å². The summed E-state index contributed by atoms with van der Waals surface area (Å²) in [5, 5.41) is 6.15. The largest absolute Gasteiger partial charge is 0.494 e. The Balaban J connectivity index is 1.64. The first-order valence-electron chi connectivity index (χ1n) is 8.63. The summed E-state index contributed by atoms with van der Waals surface area (Å²) in [6.07, 6.45) is 0. The molecular formula is C19H24BN3O3. The average molecular weight is 353 g/mol. The Hall–Kier alpha value is -2.38. The molecule has 7 heteroatoms. The number of anilines is 2. The number of rotatable bonds is 5. The number of hydrogen-bond donors (Lipinski definition) is 2. The molecule has 0 spiro atoms. The van der Waals surface area contributed by atoms with Crippen molar-refractivity contribution < 1.29 is 9.31 Å². The third-order valence-electron chi connectivity index (χ3n) is 5.13. The van der Waals surface area contributed by atoms with E-state index in [-0.39, 0.29) is 24.0 Å². The van der Waals surface area contributed by atoms with Crippen LogP contribution in [0.5, 0.6) is 0 Å². The number of benzene rings is 2. The summed E-state index contributed by atoms with van der Waals surface area (Å²) in [7, 11) is -0.356. The van der Waals surface area contributed by atoms with Gasteiger partial charge in [0.1, 0.15) is 5.69 Å². The van der Waals surface area contributed by atoms with Gasteiger partial charge in [0.15, 0.2) is 0 Å². The van der Waals surface area contributed by atoms with Gasteiger partial charge in [-0.2, -0.15) is 0 Å². The monoisotopic (exact) mass is 353 g/mol. The highest BCUT2D eigenvalue weighted by Crippen LogP contribution is 2.36. The Morgan fingerprint density at radius 3 is 2.19 bits per heavy atom. The molecule has 6 nitrogen and oxygen atoms in total. The normalized spacial score (nSPS) is 17.9. The zero-order valence-corrected chi connectivity index (χ0v) is 15.6. The van der Waals surface area contributed by atoms with Crippen LogP contribution in [0.4, 0.5) is 17.1 Å². The van der Waals surface area contributed by atoms with Gasteiger partial charge in [0, 0.05) is 12.2 Å². The average Bonchev–Trinajstić information content (AvgIpc) is 2.81. The number of nitrogen functional groups attached to an aromatic ring is 1. The molecule has 2 aromatic carbocycles. The van der Waals surface area contributed by atoms with Crippen LogP contribution >= 0.6 is 0 Å². The molecule has 0 saturated carbocycles. The van der Waals surface area contributed by atoms with Crippen LogP contribution in [-0.4, -0.2) is 18.3 Å². The number of nitroso groups, excluding NO2 is 1. The van der Waals surface area contributed by atoms with Crippen LogP contribution in [-0.2, 0) is 15.9 Å². The summed E-state index contributed by atoms with van der Waals surface area (Å²) in [6.45, 7) is 8.81. The molecule has 0 unspecified atom stereocenters. The molecule has 1 saturated heterocycles. The van der Waals surface area contributed by atoms with E-state index in [0.717, 1.165) is 16.7 Å². The van der Waals surface area contributed by atoms with Crippen molar-refractivity contribution in [3.05, 3.63) is 52.9 Å².